The molecule has 5 heteroatoms. The molecule has 1 unspecified atom stereocenters. The number of nitrogens with two attached hydrogens (primary N) is 1. The molecule has 0 aliphatic carbocycles. The number of halogens is 2. The fourth-order valence-electron chi connectivity index (χ4n) is 1.20. The van der Waals surface area contributed by atoms with E-state index in [0.29, 0.717) is 16.6 Å². The molecule has 0 spiro atoms. The molecule has 0 radical (unpaired) electrons. The number of rotatable bonds is 4. The molecule has 0 amide bonds. The fourth-order valence-corrected chi connectivity index (χ4v) is 1.65. The van der Waals surface area contributed by atoms with Crippen molar-refractivity contribution in [1.82, 2.24) is 5.32 Å². The molecule has 0 aliphatic heterocycles. The molecule has 0 fully saturated rings. The van der Waals surface area contributed by atoms with Gasteiger partial charge in [-0.1, -0.05) is 6.92 Å². The first-order valence-electron chi connectivity index (χ1n) is 4.69. The Labute approximate surface area is 96.6 Å². The predicted octanol–water partition coefficient (Wildman–Crippen LogP) is 1.81. The summed E-state index contributed by atoms with van der Waals surface area (Å²) in [6.45, 7) is 3.09. The second kappa shape index (κ2) is 5.44. The zero-order valence-corrected chi connectivity index (χ0v) is 10.0. The third kappa shape index (κ3) is 3.15. The quantitative estimate of drug-likeness (QED) is 0.736. The maximum absolute atomic E-state index is 13.2. The Kier molecular flexibility index (Phi) is 4.50. The molecule has 0 heterocycles. The van der Waals surface area contributed by atoms with Crippen LogP contribution in [0.25, 0.3) is 0 Å². The van der Waals surface area contributed by atoms with E-state index in [2.05, 4.69) is 21.2 Å². The lowest BCUT2D eigenvalue weighted by Gasteiger charge is -2.12. The highest BCUT2D eigenvalue weighted by Crippen LogP contribution is 2.26. The molecule has 1 aromatic carbocycles. The first-order valence-corrected chi connectivity index (χ1v) is 5.48. The van der Waals surface area contributed by atoms with Crippen LogP contribution in [0.15, 0.2) is 16.6 Å². The minimum atomic E-state index is -0.726. The second-order valence-corrected chi connectivity index (χ2v) is 4.08. The number of anilines is 1. The molecule has 1 aromatic rings. The van der Waals surface area contributed by atoms with Crippen LogP contribution in [0.3, 0.4) is 0 Å². The Bertz CT molecular complexity index is 323. The lowest BCUT2D eigenvalue weighted by Crippen LogP contribution is -2.21. The summed E-state index contributed by atoms with van der Waals surface area (Å²) >= 11 is 3.14. The second-order valence-electron chi connectivity index (χ2n) is 3.22. The summed E-state index contributed by atoms with van der Waals surface area (Å²) < 4.78 is 13.7. The molecule has 0 saturated carbocycles. The molecular weight excluding hydrogens is 263 g/mol. The van der Waals surface area contributed by atoms with E-state index in [1.165, 1.54) is 6.07 Å². The van der Waals surface area contributed by atoms with E-state index in [1.54, 1.807) is 6.07 Å². The highest BCUT2D eigenvalue weighted by Gasteiger charge is 2.12. The van der Waals surface area contributed by atoms with Gasteiger partial charge in [-0.3, -0.25) is 0 Å². The van der Waals surface area contributed by atoms with Crippen LogP contribution in [0.2, 0.25) is 0 Å². The first kappa shape index (κ1) is 12.4. The SMILES string of the molecule is CCNCC(O)c1cc(F)c(N)c(Br)c1. The highest BCUT2D eigenvalue weighted by molar-refractivity contribution is 9.10. The van der Waals surface area contributed by atoms with E-state index in [-0.39, 0.29) is 5.69 Å². The highest BCUT2D eigenvalue weighted by atomic mass is 79.9. The topological polar surface area (TPSA) is 58.3 Å². The smallest absolute Gasteiger partial charge is 0.147 e. The number of nitrogen functional groups attached to an aromatic ring is 1. The van der Waals surface area contributed by atoms with Crippen molar-refractivity contribution in [2.24, 2.45) is 0 Å². The lowest BCUT2D eigenvalue weighted by molar-refractivity contribution is 0.175. The van der Waals surface area contributed by atoms with Crippen LogP contribution in [0, 0.1) is 5.82 Å². The minimum absolute atomic E-state index is 0.0643. The summed E-state index contributed by atoms with van der Waals surface area (Å²) in [6.07, 6.45) is -0.726. The van der Waals surface area contributed by atoms with Gasteiger partial charge in [0.25, 0.3) is 0 Å². The zero-order valence-electron chi connectivity index (χ0n) is 8.43. The molecule has 84 valence electrons. The summed E-state index contributed by atoms with van der Waals surface area (Å²) in [5.41, 5.74) is 6.00. The summed E-state index contributed by atoms with van der Waals surface area (Å²) in [7, 11) is 0. The largest absolute Gasteiger partial charge is 0.395 e. The molecular formula is C10H14BrFN2O. The van der Waals surface area contributed by atoms with Crippen LogP contribution in [0.5, 0.6) is 0 Å². The first-order chi connectivity index (χ1) is 7.06. The average molecular weight is 277 g/mol. The number of hydrogen-bond acceptors (Lipinski definition) is 3. The molecule has 0 bridgehead atoms. The Morgan fingerprint density at radius 1 is 1.60 bits per heavy atom. The summed E-state index contributed by atoms with van der Waals surface area (Å²) in [6, 6.07) is 2.88. The van der Waals surface area contributed by atoms with Crippen LogP contribution >= 0.6 is 15.9 Å². The van der Waals surface area contributed by atoms with Gasteiger partial charge in [-0.2, -0.15) is 0 Å². The van der Waals surface area contributed by atoms with Crippen LogP contribution < -0.4 is 11.1 Å². The van der Waals surface area contributed by atoms with Crippen molar-refractivity contribution in [3.8, 4) is 0 Å². The number of nitrogens with one attached hydrogen (secondary N) is 1. The van der Waals surface area contributed by atoms with Crippen molar-refractivity contribution >= 4 is 21.6 Å². The van der Waals surface area contributed by atoms with Crippen LogP contribution in [0.1, 0.15) is 18.6 Å². The summed E-state index contributed by atoms with van der Waals surface area (Å²) in [5.74, 6) is -0.519. The van der Waals surface area contributed by atoms with E-state index in [1.807, 2.05) is 6.92 Å². The minimum Gasteiger partial charge on any atom is -0.395 e. The van der Waals surface area contributed by atoms with Crippen molar-refractivity contribution in [3.05, 3.63) is 28.0 Å². The van der Waals surface area contributed by atoms with E-state index in [4.69, 9.17) is 5.73 Å². The number of likely N-dealkylation sites (N-methyl/N-ethyl adjacent to an activating group) is 1. The Morgan fingerprint density at radius 2 is 2.27 bits per heavy atom. The number of aliphatic hydroxyl groups is 1. The van der Waals surface area contributed by atoms with Gasteiger partial charge >= 0.3 is 0 Å². The van der Waals surface area contributed by atoms with Gasteiger partial charge in [0.2, 0.25) is 0 Å². The van der Waals surface area contributed by atoms with Gasteiger partial charge in [0, 0.05) is 11.0 Å². The molecule has 3 nitrogen and oxygen atoms in total. The predicted molar refractivity (Wildman–Crippen MR) is 62.0 cm³/mol. The van der Waals surface area contributed by atoms with Gasteiger partial charge in [0.05, 0.1) is 11.8 Å². The van der Waals surface area contributed by atoms with E-state index in [9.17, 15) is 9.50 Å². The van der Waals surface area contributed by atoms with E-state index >= 15 is 0 Å². The molecule has 0 aromatic heterocycles. The van der Waals surface area contributed by atoms with E-state index in [0.717, 1.165) is 6.54 Å². The van der Waals surface area contributed by atoms with Crippen molar-refractivity contribution in [2.75, 3.05) is 18.8 Å². The number of hydrogen-bond donors (Lipinski definition) is 3. The van der Waals surface area contributed by atoms with Crippen molar-refractivity contribution < 1.29 is 9.50 Å². The van der Waals surface area contributed by atoms with Crippen LogP contribution in [-0.4, -0.2) is 18.2 Å². The van der Waals surface area contributed by atoms with Crippen LogP contribution in [0.4, 0.5) is 10.1 Å². The molecule has 1 rings (SSSR count). The molecule has 1 atom stereocenters. The molecule has 15 heavy (non-hydrogen) atoms. The Morgan fingerprint density at radius 3 is 2.80 bits per heavy atom. The Hall–Kier alpha value is -0.650. The van der Waals surface area contributed by atoms with E-state index < -0.39 is 11.9 Å². The molecule has 0 saturated heterocycles. The third-order valence-electron chi connectivity index (χ3n) is 2.07. The zero-order chi connectivity index (χ0) is 11.4. The maximum atomic E-state index is 13.2. The van der Waals surface area contributed by atoms with Gasteiger partial charge in [0.1, 0.15) is 5.82 Å². The maximum Gasteiger partial charge on any atom is 0.147 e. The standard InChI is InChI=1S/C10H14BrFN2O/c1-2-14-5-9(15)6-3-7(11)10(13)8(12)4-6/h3-4,9,14-15H,2,5,13H2,1H3. The van der Waals surface area contributed by atoms with Crippen molar-refractivity contribution in [1.29, 1.82) is 0 Å². The summed E-state index contributed by atoms with van der Waals surface area (Å²) in [5, 5.41) is 12.7. The number of aliphatic hydroxyl groups excluding tert-OH is 1. The Balaban J connectivity index is 2.86. The summed E-state index contributed by atoms with van der Waals surface area (Å²) in [4.78, 5) is 0. The van der Waals surface area contributed by atoms with Gasteiger partial charge < -0.3 is 16.2 Å². The molecule has 0 aliphatic rings. The molecule has 4 N–H and O–H groups in total. The van der Waals surface area contributed by atoms with Crippen LogP contribution in [-0.2, 0) is 0 Å². The fraction of sp³-hybridized carbons (Fsp3) is 0.400. The van der Waals surface area contributed by atoms with Gasteiger partial charge in [-0.25, -0.2) is 4.39 Å². The normalized spacial score (nSPS) is 12.8. The lowest BCUT2D eigenvalue weighted by atomic mass is 10.1. The number of benzene rings is 1. The third-order valence-corrected chi connectivity index (χ3v) is 2.73. The monoisotopic (exact) mass is 276 g/mol. The van der Waals surface area contributed by atoms with Gasteiger partial charge in [0.15, 0.2) is 0 Å². The average Bonchev–Trinajstić information content (AvgIpc) is 2.21. The van der Waals surface area contributed by atoms with Crippen molar-refractivity contribution in [3.63, 3.8) is 0 Å². The van der Waals surface area contributed by atoms with Gasteiger partial charge in [-0.15, -0.1) is 0 Å². The van der Waals surface area contributed by atoms with Gasteiger partial charge in [-0.05, 0) is 40.2 Å². The van der Waals surface area contributed by atoms with Crippen molar-refractivity contribution in [2.45, 2.75) is 13.0 Å².